The van der Waals surface area contributed by atoms with Crippen LogP contribution in [-0.4, -0.2) is 13.1 Å². The van der Waals surface area contributed by atoms with Gasteiger partial charge in [0.2, 0.25) is 0 Å². The maximum Gasteiger partial charge on any atom is 0.339 e. The topological polar surface area (TPSA) is 50.1 Å². The molecular weight excluding hydrogens is 284 g/mol. The molecular formula is C10H6BrF2NO2. The van der Waals surface area contributed by atoms with Gasteiger partial charge in [0.15, 0.2) is 0 Å². The van der Waals surface area contributed by atoms with E-state index >= 15 is 0 Å². The van der Waals surface area contributed by atoms with E-state index in [0.717, 1.165) is 13.2 Å². The van der Waals surface area contributed by atoms with Gasteiger partial charge in [-0.2, -0.15) is 5.26 Å². The Morgan fingerprint density at radius 3 is 2.62 bits per heavy atom. The van der Waals surface area contributed by atoms with Gasteiger partial charge in [-0.15, -0.1) is 0 Å². The number of hydrogen-bond donors (Lipinski definition) is 0. The zero-order valence-electron chi connectivity index (χ0n) is 8.13. The first-order chi connectivity index (χ1) is 7.52. The minimum Gasteiger partial charge on any atom is -0.465 e. The van der Waals surface area contributed by atoms with E-state index in [9.17, 15) is 13.6 Å². The molecule has 0 unspecified atom stereocenters. The maximum atomic E-state index is 12.6. The van der Waals surface area contributed by atoms with Gasteiger partial charge in [-0.05, 0) is 22.0 Å². The van der Waals surface area contributed by atoms with Crippen LogP contribution in [0.4, 0.5) is 8.78 Å². The molecule has 0 aromatic heterocycles. The molecule has 0 atom stereocenters. The fourth-order valence-corrected chi connectivity index (χ4v) is 1.63. The molecule has 1 aromatic rings. The second-order valence-corrected chi connectivity index (χ2v) is 3.65. The summed E-state index contributed by atoms with van der Waals surface area (Å²) in [6, 6.07) is 4.08. The van der Waals surface area contributed by atoms with Crippen molar-refractivity contribution in [2.24, 2.45) is 0 Å². The van der Waals surface area contributed by atoms with Gasteiger partial charge in [-0.1, -0.05) is 6.07 Å². The monoisotopic (exact) mass is 289 g/mol. The van der Waals surface area contributed by atoms with Crippen LogP contribution in [0.3, 0.4) is 0 Å². The molecule has 0 heterocycles. The highest BCUT2D eigenvalue weighted by Crippen LogP contribution is 2.30. The van der Waals surface area contributed by atoms with E-state index < -0.39 is 23.5 Å². The van der Waals surface area contributed by atoms with Crippen molar-refractivity contribution in [3.63, 3.8) is 0 Å². The zero-order valence-corrected chi connectivity index (χ0v) is 9.72. The van der Waals surface area contributed by atoms with Gasteiger partial charge in [0, 0.05) is 10.0 Å². The van der Waals surface area contributed by atoms with E-state index in [2.05, 4.69) is 20.7 Å². The van der Waals surface area contributed by atoms with Gasteiger partial charge in [0.1, 0.15) is 6.07 Å². The number of halogens is 3. The second kappa shape index (κ2) is 5.03. The molecule has 0 amide bonds. The van der Waals surface area contributed by atoms with Crippen LogP contribution in [0, 0.1) is 11.3 Å². The number of nitriles is 1. The zero-order chi connectivity index (χ0) is 12.3. The number of rotatable bonds is 2. The molecule has 0 aliphatic rings. The van der Waals surface area contributed by atoms with E-state index in [1.54, 1.807) is 6.07 Å². The van der Waals surface area contributed by atoms with E-state index in [-0.39, 0.29) is 10.0 Å². The number of benzene rings is 1. The van der Waals surface area contributed by atoms with Crippen LogP contribution >= 0.6 is 15.9 Å². The van der Waals surface area contributed by atoms with Crippen molar-refractivity contribution < 1.29 is 18.3 Å². The van der Waals surface area contributed by atoms with Crippen molar-refractivity contribution in [2.45, 2.75) is 6.43 Å². The lowest BCUT2D eigenvalue weighted by Gasteiger charge is -2.09. The van der Waals surface area contributed by atoms with E-state index in [4.69, 9.17) is 5.26 Å². The number of alkyl halides is 2. The maximum absolute atomic E-state index is 12.6. The van der Waals surface area contributed by atoms with Gasteiger partial charge in [0.25, 0.3) is 6.43 Å². The lowest BCUT2D eigenvalue weighted by Crippen LogP contribution is -2.09. The Balaban J connectivity index is 3.55. The van der Waals surface area contributed by atoms with Gasteiger partial charge in [-0.3, -0.25) is 0 Å². The third-order valence-corrected chi connectivity index (χ3v) is 2.58. The largest absolute Gasteiger partial charge is 0.465 e. The Bertz CT molecular complexity index is 469. The number of hydrogen-bond acceptors (Lipinski definition) is 3. The third kappa shape index (κ3) is 2.19. The van der Waals surface area contributed by atoms with Crippen molar-refractivity contribution in [2.75, 3.05) is 7.11 Å². The molecule has 0 fully saturated rings. The average Bonchev–Trinajstić information content (AvgIpc) is 2.27. The molecule has 0 radical (unpaired) electrons. The van der Waals surface area contributed by atoms with Gasteiger partial charge in [-0.25, -0.2) is 13.6 Å². The van der Waals surface area contributed by atoms with Gasteiger partial charge < -0.3 is 4.74 Å². The molecule has 84 valence electrons. The third-order valence-electron chi connectivity index (χ3n) is 1.92. The van der Waals surface area contributed by atoms with Gasteiger partial charge in [0.05, 0.1) is 18.2 Å². The molecule has 0 bridgehead atoms. The number of carbonyl (C=O) groups is 1. The summed E-state index contributed by atoms with van der Waals surface area (Å²) in [7, 11) is 1.07. The SMILES string of the molecule is COC(=O)c1c(C(F)F)ccc(Br)c1C#N. The highest BCUT2D eigenvalue weighted by atomic mass is 79.9. The molecule has 0 spiro atoms. The first-order valence-corrected chi connectivity index (χ1v) is 4.91. The first-order valence-electron chi connectivity index (χ1n) is 4.11. The summed E-state index contributed by atoms with van der Waals surface area (Å²) in [5, 5.41) is 8.82. The summed E-state index contributed by atoms with van der Waals surface area (Å²) in [6.45, 7) is 0. The predicted molar refractivity (Wildman–Crippen MR) is 55.2 cm³/mol. The summed E-state index contributed by atoms with van der Waals surface area (Å²) in [4.78, 5) is 11.3. The smallest absolute Gasteiger partial charge is 0.339 e. The number of esters is 1. The van der Waals surface area contributed by atoms with Crippen LogP contribution in [0.25, 0.3) is 0 Å². The fraction of sp³-hybridized carbons (Fsp3) is 0.200. The minimum absolute atomic E-state index is 0.148. The Morgan fingerprint density at radius 1 is 1.56 bits per heavy atom. The molecule has 16 heavy (non-hydrogen) atoms. The van der Waals surface area contributed by atoms with Crippen molar-refractivity contribution in [1.29, 1.82) is 5.26 Å². The highest BCUT2D eigenvalue weighted by molar-refractivity contribution is 9.10. The first kappa shape index (κ1) is 12.6. The molecule has 1 aromatic carbocycles. The number of ether oxygens (including phenoxy) is 1. The molecule has 0 N–H and O–H groups in total. The average molecular weight is 290 g/mol. The van der Waals surface area contributed by atoms with Crippen LogP contribution in [0.1, 0.15) is 27.9 Å². The van der Waals surface area contributed by atoms with Crippen LogP contribution < -0.4 is 0 Å². The Hall–Kier alpha value is -1.48. The fourth-order valence-electron chi connectivity index (χ4n) is 1.21. The van der Waals surface area contributed by atoms with Crippen LogP contribution in [0.15, 0.2) is 16.6 Å². The summed E-state index contributed by atoms with van der Waals surface area (Å²) in [5.41, 5.74) is -1.05. The minimum atomic E-state index is -2.84. The molecule has 3 nitrogen and oxygen atoms in total. The Morgan fingerprint density at radius 2 is 2.19 bits per heavy atom. The van der Waals surface area contributed by atoms with Crippen molar-refractivity contribution in [3.8, 4) is 6.07 Å². The summed E-state index contributed by atoms with van der Waals surface area (Å²) in [6.07, 6.45) is -2.84. The summed E-state index contributed by atoms with van der Waals surface area (Å²) >= 11 is 3.01. The van der Waals surface area contributed by atoms with Crippen LogP contribution in [0.5, 0.6) is 0 Å². The number of methoxy groups -OCH3 is 1. The van der Waals surface area contributed by atoms with Crippen molar-refractivity contribution >= 4 is 21.9 Å². The van der Waals surface area contributed by atoms with Crippen LogP contribution in [-0.2, 0) is 4.74 Å². The van der Waals surface area contributed by atoms with E-state index in [1.165, 1.54) is 6.07 Å². The van der Waals surface area contributed by atoms with E-state index in [1.807, 2.05) is 0 Å². The quantitative estimate of drug-likeness (QED) is 0.786. The standard InChI is InChI=1S/C10H6BrF2NO2/c1-16-10(15)8-5(9(12)13)2-3-7(11)6(8)4-14/h2-3,9H,1H3. The second-order valence-electron chi connectivity index (χ2n) is 2.79. The number of carbonyl (C=O) groups excluding carboxylic acids is 1. The summed E-state index contributed by atoms with van der Waals surface area (Å²) < 4.78 is 29.9. The Labute approximate surface area is 98.8 Å². The molecule has 1 rings (SSSR count). The lowest BCUT2D eigenvalue weighted by molar-refractivity contribution is 0.0589. The molecule has 0 saturated heterocycles. The normalized spacial score (nSPS) is 10.0. The van der Waals surface area contributed by atoms with E-state index in [0.29, 0.717) is 0 Å². The molecule has 0 aliphatic carbocycles. The summed E-state index contributed by atoms with van der Waals surface area (Å²) in [5.74, 6) is -0.951. The highest BCUT2D eigenvalue weighted by Gasteiger charge is 2.24. The van der Waals surface area contributed by atoms with Gasteiger partial charge >= 0.3 is 5.97 Å². The van der Waals surface area contributed by atoms with Crippen molar-refractivity contribution in [1.82, 2.24) is 0 Å². The van der Waals surface area contributed by atoms with Crippen LogP contribution in [0.2, 0.25) is 0 Å². The molecule has 0 saturated carbocycles. The lowest BCUT2D eigenvalue weighted by atomic mass is 10.0. The number of nitrogens with zero attached hydrogens (tertiary/aromatic N) is 1. The molecule has 6 heteroatoms. The van der Waals surface area contributed by atoms with Crippen molar-refractivity contribution in [3.05, 3.63) is 33.3 Å². The Kier molecular flexibility index (Phi) is 3.96. The predicted octanol–water partition coefficient (Wildman–Crippen LogP) is 3.04. The molecule has 0 aliphatic heterocycles.